The van der Waals surface area contributed by atoms with Crippen LogP contribution >= 0.6 is 0 Å². The molecular formula is C30H25FO2. The molecule has 0 N–H and O–H groups in total. The van der Waals surface area contributed by atoms with Gasteiger partial charge in [-0.15, -0.1) is 0 Å². The van der Waals surface area contributed by atoms with E-state index < -0.39 is 0 Å². The summed E-state index contributed by atoms with van der Waals surface area (Å²) in [5.74, 6) is 1.11. The van der Waals surface area contributed by atoms with Crippen molar-refractivity contribution in [3.8, 4) is 11.5 Å². The second kappa shape index (κ2) is 8.95. The van der Waals surface area contributed by atoms with Crippen LogP contribution in [-0.4, -0.2) is 0 Å². The van der Waals surface area contributed by atoms with Gasteiger partial charge in [-0.3, -0.25) is 0 Å². The Balaban J connectivity index is 1.59. The average molecular weight is 437 g/mol. The molecule has 164 valence electrons. The van der Waals surface area contributed by atoms with E-state index in [-0.39, 0.29) is 5.82 Å². The molecule has 2 nitrogen and oxygen atoms in total. The molecule has 0 aromatic heterocycles. The summed E-state index contributed by atoms with van der Waals surface area (Å²) in [6, 6.07) is 29.3. The standard InChI is InChI=1S/C30H25FO2/c1-20-7-11-22(12-8-20)18-32-29-25-5-3-4-6-26(25)30(28-17-24(31)15-16-27(28)29)33-19-23-13-9-21(2)10-14-23/h3-17H,18-19H2,1-2H3. The van der Waals surface area contributed by atoms with Crippen molar-refractivity contribution in [1.29, 1.82) is 0 Å². The van der Waals surface area contributed by atoms with Crippen molar-refractivity contribution in [3.05, 3.63) is 119 Å². The van der Waals surface area contributed by atoms with Gasteiger partial charge >= 0.3 is 0 Å². The first-order valence-corrected chi connectivity index (χ1v) is 11.1. The Hall–Kier alpha value is -3.85. The molecule has 0 aliphatic rings. The maximum absolute atomic E-state index is 14.3. The molecule has 0 bridgehead atoms. The van der Waals surface area contributed by atoms with Crippen LogP contribution in [0.5, 0.6) is 11.5 Å². The van der Waals surface area contributed by atoms with Gasteiger partial charge in [-0.1, -0.05) is 83.9 Å². The van der Waals surface area contributed by atoms with Gasteiger partial charge in [-0.05, 0) is 43.2 Å². The third-order valence-electron chi connectivity index (χ3n) is 5.89. The third kappa shape index (κ3) is 4.40. The number of fused-ring (bicyclic) bond motifs is 2. The Morgan fingerprint density at radius 2 is 1.00 bits per heavy atom. The predicted octanol–water partition coefficient (Wildman–Crippen LogP) is 7.91. The van der Waals surface area contributed by atoms with E-state index in [0.717, 1.165) is 33.0 Å². The van der Waals surface area contributed by atoms with Crippen molar-refractivity contribution < 1.29 is 13.9 Å². The molecule has 0 saturated carbocycles. The summed E-state index contributed by atoms with van der Waals surface area (Å²) in [4.78, 5) is 0. The van der Waals surface area contributed by atoms with Crippen LogP contribution in [0.25, 0.3) is 21.5 Å². The number of rotatable bonds is 6. The van der Waals surface area contributed by atoms with Crippen molar-refractivity contribution in [2.45, 2.75) is 27.1 Å². The lowest BCUT2D eigenvalue weighted by Gasteiger charge is -2.18. The fraction of sp³-hybridized carbons (Fsp3) is 0.133. The van der Waals surface area contributed by atoms with Crippen LogP contribution in [0.3, 0.4) is 0 Å². The third-order valence-corrected chi connectivity index (χ3v) is 5.89. The highest BCUT2D eigenvalue weighted by Crippen LogP contribution is 2.43. The van der Waals surface area contributed by atoms with Crippen LogP contribution in [0.1, 0.15) is 22.3 Å². The van der Waals surface area contributed by atoms with E-state index in [4.69, 9.17) is 9.47 Å². The van der Waals surface area contributed by atoms with E-state index in [9.17, 15) is 4.39 Å². The molecule has 5 aromatic carbocycles. The Kier molecular flexibility index (Phi) is 5.70. The quantitative estimate of drug-likeness (QED) is 0.252. The summed E-state index contributed by atoms with van der Waals surface area (Å²) in [6.45, 7) is 4.96. The van der Waals surface area contributed by atoms with Gasteiger partial charge in [0.25, 0.3) is 0 Å². The molecule has 0 saturated heterocycles. The predicted molar refractivity (Wildman–Crippen MR) is 132 cm³/mol. The van der Waals surface area contributed by atoms with Gasteiger partial charge < -0.3 is 9.47 Å². The molecular weight excluding hydrogens is 411 g/mol. The lowest BCUT2D eigenvalue weighted by molar-refractivity contribution is 0.308. The maximum atomic E-state index is 14.3. The van der Waals surface area contributed by atoms with E-state index in [1.54, 1.807) is 6.07 Å². The van der Waals surface area contributed by atoms with Gasteiger partial charge in [0.05, 0.1) is 0 Å². The Morgan fingerprint density at radius 3 is 1.52 bits per heavy atom. The molecule has 5 aromatic rings. The first-order valence-electron chi connectivity index (χ1n) is 11.1. The van der Waals surface area contributed by atoms with Crippen molar-refractivity contribution >= 4 is 21.5 Å². The largest absolute Gasteiger partial charge is 0.488 e. The first kappa shape index (κ1) is 21.0. The zero-order valence-electron chi connectivity index (χ0n) is 18.8. The lowest BCUT2D eigenvalue weighted by atomic mass is 10.00. The summed E-state index contributed by atoms with van der Waals surface area (Å²) < 4.78 is 27.0. The Morgan fingerprint density at radius 1 is 0.545 bits per heavy atom. The molecule has 0 aliphatic carbocycles. The van der Waals surface area contributed by atoms with E-state index >= 15 is 0 Å². The van der Waals surface area contributed by atoms with Crippen LogP contribution in [0, 0.1) is 19.7 Å². The molecule has 0 fully saturated rings. The Bertz CT molecular complexity index is 1420. The molecule has 0 atom stereocenters. The van der Waals surface area contributed by atoms with Crippen LogP contribution in [-0.2, 0) is 13.2 Å². The normalized spacial score (nSPS) is 11.1. The summed E-state index contributed by atoms with van der Waals surface area (Å²) in [6.07, 6.45) is 0. The molecule has 0 aliphatic heterocycles. The number of ether oxygens (including phenoxy) is 2. The molecule has 0 spiro atoms. The van der Waals surface area contributed by atoms with E-state index in [2.05, 4.69) is 62.4 Å². The van der Waals surface area contributed by atoms with Crippen LogP contribution in [0.4, 0.5) is 4.39 Å². The molecule has 5 rings (SSSR count). The van der Waals surface area contributed by atoms with E-state index in [1.165, 1.54) is 23.3 Å². The highest BCUT2D eigenvalue weighted by Gasteiger charge is 2.17. The summed E-state index contributed by atoms with van der Waals surface area (Å²) in [5.41, 5.74) is 4.56. The minimum absolute atomic E-state index is 0.303. The average Bonchev–Trinajstić information content (AvgIpc) is 2.83. The summed E-state index contributed by atoms with van der Waals surface area (Å²) in [5, 5.41) is 3.39. The maximum Gasteiger partial charge on any atom is 0.135 e. The van der Waals surface area contributed by atoms with Crippen molar-refractivity contribution in [2.75, 3.05) is 0 Å². The number of halogens is 1. The number of benzene rings is 5. The fourth-order valence-electron chi connectivity index (χ4n) is 4.06. The number of hydrogen-bond acceptors (Lipinski definition) is 2. The molecule has 0 amide bonds. The van der Waals surface area contributed by atoms with Crippen LogP contribution in [0.2, 0.25) is 0 Å². The lowest BCUT2D eigenvalue weighted by Crippen LogP contribution is -2.01. The Labute approximate surface area is 193 Å². The summed E-state index contributed by atoms with van der Waals surface area (Å²) in [7, 11) is 0. The van der Waals surface area contributed by atoms with Gasteiger partial charge in [-0.25, -0.2) is 4.39 Å². The van der Waals surface area contributed by atoms with E-state index in [0.29, 0.717) is 24.3 Å². The second-order valence-electron chi connectivity index (χ2n) is 8.44. The smallest absolute Gasteiger partial charge is 0.135 e. The molecule has 3 heteroatoms. The molecule has 0 radical (unpaired) electrons. The van der Waals surface area contributed by atoms with Gasteiger partial charge in [0.15, 0.2) is 0 Å². The van der Waals surface area contributed by atoms with E-state index in [1.807, 2.05) is 24.3 Å². The number of hydrogen-bond donors (Lipinski definition) is 0. The fourth-order valence-corrected chi connectivity index (χ4v) is 4.06. The molecule has 33 heavy (non-hydrogen) atoms. The van der Waals surface area contributed by atoms with Gasteiger partial charge in [0.2, 0.25) is 0 Å². The number of aryl methyl sites for hydroxylation is 2. The van der Waals surface area contributed by atoms with Crippen molar-refractivity contribution in [1.82, 2.24) is 0 Å². The molecule has 0 unspecified atom stereocenters. The van der Waals surface area contributed by atoms with Crippen LogP contribution in [0.15, 0.2) is 91.0 Å². The highest BCUT2D eigenvalue weighted by atomic mass is 19.1. The van der Waals surface area contributed by atoms with Gasteiger partial charge in [0.1, 0.15) is 30.5 Å². The topological polar surface area (TPSA) is 18.5 Å². The monoisotopic (exact) mass is 436 g/mol. The van der Waals surface area contributed by atoms with Crippen LogP contribution < -0.4 is 9.47 Å². The molecule has 0 heterocycles. The summed E-state index contributed by atoms with van der Waals surface area (Å²) >= 11 is 0. The highest BCUT2D eigenvalue weighted by molar-refractivity contribution is 6.11. The zero-order valence-corrected chi connectivity index (χ0v) is 18.8. The SMILES string of the molecule is Cc1ccc(COc2c3ccccc3c(OCc3ccc(C)cc3)c3cc(F)ccc23)cc1. The minimum atomic E-state index is -0.303. The van der Waals surface area contributed by atoms with Gasteiger partial charge in [0, 0.05) is 21.5 Å². The van der Waals surface area contributed by atoms with Gasteiger partial charge in [-0.2, -0.15) is 0 Å². The van der Waals surface area contributed by atoms with Crippen molar-refractivity contribution in [3.63, 3.8) is 0 Å². The minimum Gasteiger partial charge on any atom is -0.488 e. The van der Waals surface area contributed by atoms with Crippen molar-refractivity contribution in [2.24, 2.45) is 0 Å². The second-order valence-corrected chi connectivity index (χ2v) is 8.44. The first-order chi connectivity index (χ1) is 16.1. The zero-order chi connectivity index (χ0) is 22.8.